The highest BCUT2D eigenvalue weighted by Gasteiger charge is 2.22. The number of nitrogens with zero attached hydrogens (tertiary/aromatic N) is 3. The number of para-hydroxylation sites is 2. The van der Waals surface area contributed by atoms with E-state index in [-0.39, 0.29) is 6.03 Å². The minimum Gasteiger partial charge on any atom is -0.378 e. The van der Waals surface area contributed by atoms with E-state index in [1.807, 2.05) is 30.3 Å². The summed E-state index contributed by atoms with van der Waals surface area (Å²) in [4.78, 5) is 19.8. The second-order valence-electron chi connectivity index (χ2n) is 7.01. The molecular weight excluding hydrogens is 352 g/mol. The molecule has 2 aromatic carbocycles. The summed E-state index contributed by atoms with van der Waals surface area (Å²) in [5, 5.41) is 3.07. The Morgan fingerprint density at radius 2 is 1.75 bits per heavy atom. The maximum Gasteiger partial charge on any atom is 0.328 e. The van der Waals surface area contributed by atoms with Crippen molar-refractivity contribution in [3.63, 3.8) is 0 Å². The number of benzene rings is 2. The van der Waals surface area contributed by atoms with Crippen LogP contribution in [-0.4, -0.2) is 48.4 Å². The molecule has 0 radical (unpaired) electrons. The van der Waals surface area contributed by atoms with Gasteiger partial charge in [0.15, 0.2) is 0 Å². The molecule has 1 fully saturated rings. The van der Waals surface area contributed by atoms with E-state index in [1.54, 1.807) is 4.57 Å². The number of hydrogen-bond donors (Lipinski definition) is 1. The molecule has 1 aliphatic heterocycles. The number of morpholine rings is 1. The number of anilines is 1. The Kier molecular flexibility index (Phi) is 5.87. The van der Waals surface area contributed by atoms with Crippen LogP contribution in [0.25, 0.3) is 11.0 Å². The van der Waals surface area contributed by atoms with Crippen LogP contribution >= 0.6 is 0 Å². The van der Waals surface area contributed by atoms with Gasteiger partial charge in [-0.15, -0.1) is 0 Å². The number of carbonyl (C=O) groups excluding carboxylic acids is 1. The summed E-state index contributed by atoms with van der Waals surface area (Å²) in [5.41, 5.74) is 3.01. The first-order chi connectivity index (χ1) is 13.8. The van der Waals surface area contributed by atoms with E-state index >= 15 is 0 Å². The summed E-state index contributed by atoms with van der Waals surface area (Å²) < 4.78 is 7.15. The predicted octanol–water partition coefficient (Wildman–Crippen LogP) is 3.45. The molecule has 146 valence electrons. The Balaban J connectivity index is 1.41. The largest absolute Gasteiger partial charge is 0.378 e. The SMILES string of the molecule is O=C(NCCCCc1ccccc1)n1c(N2CCOCC2)nc2ccccc21. The second-order valence-corrected chi connectivity index (χ2v) is 7.01. The van der Waals surface area contributed by atoms with Gasteiger partial charge in [-0.25, -0.2) is 14.3 Å². The lowest BCUT2D eigenvalue weighted by atomic mass is 10.1. The Hall–Kier alpha value is -2.86. The first-order valence-electron chi connectivity index (χ1n) is 9.95. The quantitative estimate of drug-likeness (QED) is 0.668. The zero-order chi connectivity index (χ0) is 19.2. The van der Waals surface area contributed by atoms with Gasteiger partial charge in [0.25, 0.3) is 0 Å². The second kappa shape index (κ2) is 8.89. The molecule has 1 saturated heterocycles. The standard InChI is InChI=1S/C22H26N4O2/c27-22(23-13-7-6-10-18-8-2-1-3-9-18)26-20-12-5-4-11-19(20)24-21(26)25-14-16-28-17-15-25/h1-5,8-9,11-12H,6-7,10,13-17H2,(H,23,27). The number of aromatic nitrogens is 2. The molecule has 0 saturated carbocycles. The third-order valence-corrected chi connectivity index (χ3v) is 5.05. The number of carbonyl (C=O) groups is 1. The number of nitrogens with one attached hydrogen (secondary N) is 1. The number of imidazole rings is 1. The highest BCUT2D eigenvalue weighted by molar-refractivity contribution is 5.93. The summed E-state index contributed by atoms with van der Waals surface area (Å²) in [6.45, 7) is 3.46. The van der Waals surface area contributed by atoms with Crippen LogP contribution in [0.5, 0.6) is 0 Å². The van der Waals surface area contributed by atoms with E-state index in [1.165, 1.54) is 5.56 Å². The molecule has 2 heterocycles. The molecule has 4 rings (SSSR count). The van der Waals surface area contributed by atoms with Crippen LogP contribution in [0.2, 0.25) is 0 Å². The molecular formula is C22H26N4O2. The number of unbranched alkanes of at least 4 members (excludes halogenated alkanes) is 1. The summed E-state index contributed by atoms with van der Waals surface area (Å²) in [7, 11) is 0. The normalized spacial score (nSPS) is 14.4. The minimum atomic E-state index is -0.116. The van der Waals surface area contributed by atoms with Crippen LogP contribution in [0.4, 0.5) is 10.7 Å². The summed E-state index contributed by atoms with van der Waals surface area (Å²) in [6.07, 6.45) is 3.02. The van der Waals surface area contributed by atoms with Crippen molar-refractivity contribution in [2.75, 3.05) is 37.7 Å². The summed E-state index contributed by atoms with van der Waals surface area (Å²) >= 11 is 0. The maximum atomic E-state index is 13.0. The average molecular weight is 378 g/mol. The fourth-order valence-corrected chi connectivity index (χ4v) is 3.56. The van der Waals surface area contributed by atoms with E-state index in [4.69, 9.17) is 9.72 Å². The van der Waals surface area contributed by atoms with Crippen molar-refractivity contribution in [1.82, 2.24) is 14.9 Å². The van der Waals surface area contributed by atoms with Gasteiger partial charge in [-0.2, -0.15) is 0 Å². The molecule has 1 N–H and O–H groups in total. The summed E-state index contributed by atoms with van der Waals surface area (Å²) in [5.74, 6) is 0.700. The van der Waals surface area contributed by atoms with E-state index in [9.17, 15) is 4.79 Å². The molecule has 28 heavy (non-hydrogen) atoms. The molecule has 3 aromatic rings. The predicted molar refractivity (Wildman–Crippen MR) is 111 cm³/mol. The molecule has 0 aliphatic carbocycles. The monoisotopic (exact) mass is 378 g/mol. The van der Waals surface area contributed by atoms with E-state index in [0.29, 0.717) is 25.7 Å². The van der Waals surface area contributed by atoms with Gasteiger partial charge in [-0.05, 0) is 37.0 Å². The van der Waals surface area contributed by atoms with E-state index < -0.39 is 0 Å². The maximum absolute atomic E-state index is 13.0. The Labute approximate surface area is 165 Å². The Morgan fingerprint density at radius 1 is 1.00 bits per heavy atom. The van der Waals surface area contributed by atoms with Crippen molar-refractivity contribution in [1.29, 1.82) is 0 Å². The molecule has 0 bridgehead atoms. The van der Waals surface area contributed by atoms with Gasteiger partial charge in [-0.3, -0.25) is 0 Å². The van der Waals surface area contributed by atoms with Crippen LogP contribution in [-0.2, 0) is 11.2 Å². The molecule has 0 unspecified atom stereocenters. The van der Waals surface area contributed by atoms with Crippen molar-refractivity contribution in [3.05, 3.63) is 60.2 Å². The van der Waals surface area contributed by atoms with Gasteiger partial charge in [-0.1, -0.05) is 42.5 Å². The van der Waals surface area contributed by atoms with Crippen molar-refractivity contribution in [2.24, 2.45) is 0 Å². The minimum absolute atomic E-state index is 0.116. The summed E-state index contributed by atoms with van der Waals surface area (Å²) in [6, 6.07) is 18.1. The van der Waals surface area contributed by atoms with Crippen molar-refractivity contribution in [3.8, 4) is 0 Å². The Bertz CT molecular complexity index is 917. The zero-order valence-corrected chi connectivity index (χ0v) is 16.0. The van der Waals surface area contributed by atoms with E-state index in [2.05, 4.69) is 34.5 Å². The van der Waals surface area contributed by atoms with Crippen molar-refractivity contribution >= 4 is 23.0 Å². The van der Waals surface area contributed by atoms with Gasteiger partial charge < -0.3 is 15.0 Å². The van der Waals surface area contributed by atoms with Crippen LogP contribution in [0.1, 0.15) is 18.4 Å². The lowest BCUT2D eigenvalue weighted by Gasteiger charge is -2.27. The number of rotatable bonds is 6. The van der Waals surface area contributed by atoms with Crippen LogP contribution in [0, 0.1) is 0 Å². The molecule has 0 spiro atoms. The molecule has 0 atom stereocenters. The molecule has 1 aromatic heterocycles. The van der Waals surface area contributed by atoms with Crippen LogP contribution in [0.3, 0.4) is 0 Å². The first kappa shape index (κ1) is 18.5. The van der Waals surface area contributed by atoms with Crippen LogP contribution in [0.15, 0.2) is 54.6 Å². The van der Waals surface area contributed by atoms with Gasteiger partial charge in [0, 0.05) is 19.6 Å². The van der Waals surface area contributed by atoms with Gasteiger partial charge in [0.1, 0.15) is 0 Å². The number of aryl methyl sites for hydroxylation is 1. The molecule has 6 nitrogen and oxygen atoms in total. The fourth-order valence-electron chi connectivity index (χ4n) is 3.56. The number of fused-ring (bicyclic) bond motifs is 1. The van der Waals surface area contributed by atoms with Crippen molar-refractivity contribution in [2.45, 2.75) is 19.3 Å². The highest BCUT2D eigenvalue weighted by Crippen LogP contribution is 2.23. The van der Waals surface area contributed by atoms with Gasteiger partial charge in [0.2, 0.25) is 5.95 Å². The number of amides is 1. The number of hydrogen-bond acceptors (Lipinski definition) is 4. The van der Waals surface area contributed by atoms with Gasteiger partial charge in [0.05, 0.1) is 24.2 Å². The topological polar surface area (TPSA) is 59.4 Å². The third kappa shape index (κ3) is 4.17. The van der Waals surface area contributed by atoms with Gasteiger partial charge >= 0.3 is 6.03 Å². The average Bonchev–Trinajstić information content (AvgIpc) is 3.14. The number of ether oxygens (including phenoxy) is 1. The third-order valence-electron chi connectivity index (χ3n) is 5.05. The molecule has 1 aliphatic rings. The highest BCUT2D eigenvalue weighted by atomic mass is 16.5. The van der Waals surface area contributed by atoms with Crippen LogP contribution < -0.4 is 10.2 Å². The van der Waals surface area contributed by atoms with E-state index in [0.717, 1.165) is 43.4 Å². The molecule has 1 amide bonds. The Morgan fingerprint density at radius 3 is 2.57 bits per heavy atom. The lowest BCUT2D eigenvalue weighted by Crippen LogP contribution is -2.40. The smallest absolute Gasteiger partial charge is 0.328 e. The van der Waals surface area contributed by atoms with Crippen molar-refractivity contribution < 1.29 is 9.53 Å². The zero-order valence-electron chi connectivity index (χ0n) is 16.0. The first-order valence-corrected chi connectivity index (χ1v) is 9.95. The lowest BCUT2D eigenvalue weighted by molar-refractivity contribution is 0.122. The molecule has 6 heteroatoms. The fraction of sp³-hybridized carbons (Fsp3) is 0.364.